The maximum Gasteiger partial charge on any atom is 0.472 e. The highest BCUT2D eigenvalue weighted by Crippen LogP contribution is 2.45. The molecule has 0 radical (unpaired) electrons. The summed E-state index contributed by atoms with van der Waals surface area (Å²) in [7, 11) is -9.85. The minimum atomic E-state index is -4.93. The maximum atomic E-state index is 12.9. The first-order chi connectivity index (χ1) is 35.5. The van der Waals surface area contributed by atoms with Crippen LogP contribution in [0.15, 0.2) is 0 Å². The third-order valence-electron chi connectivity index (χ3n) is 12.5. The molecule has 0 aromatic carbocycles. The Bertz CT molecular complexity index is 1470. The highest BCUT2D eigenvalue weighted by Gasteiger charge is 2.30. The minimum absolute atomic E-state index is 0.0987. The molecule has 3 N–H and O–H groups in total. The number of ether oxygens (including phenoxy) is 4. The van der Waals surface area contributed by atoms with E-state index in [0.29, 0.717) is 25.7 Å². The van der Waals surface area contributed by atoms with E-state index in [1.807, 2.05) is 0 Å². The van der Waals surface area contributed by atoms with Gasteiger partial charge in [0.15, 0.2) is 12.2 Å². The second kappa shape index (κ2) is 49.4. The van der Waals surface area contributed by atoms with E-state index in [1.165, 1.54) is 77.0 Å². The summed E-state index contributed by atoms with van der Waals surface area (Å²) >= 11 is 0. The smallest absolute Gasteiger partial charge is 0.462 e. The zero-order valence-electron chi connectivity index (χ0n) is 47.0. The summed E-state index contributed by atoms with van der Waals surface area (Å²) in [4.78, 5) is 71.2. The van der Waals surface area contributed by atoms with Crippen LogP contribution < -0.4 is 0 Å². The molecule has 0 heterocycles. The predicted octanol–water partition coefficient (Wildman–Crippen LogP) is 14.3. The molecule has 438 valence electrons. The highest BCUT2D eigenvalue weighted by molar-refractivity contribution is 7.47. The van der Waals surface area contributed by atoms with E-state index in [9.17, 15) is 43.2 Å². The number of esters is 4. The number of rotatable bonds is 55. The first-order valence-corrected chi connectivity index (χ1v) is 32.1. The Morgan fingerprint density at radius 3 is 0.919 bits per heavy atom. The monoisotopic (exact) mass is 1100 g/mol. The van der Waals surface area contributed by atoms with Crippen molar-refractivity contribution >= 4 is 39.5 Å². The molecule has 17 nitrogen and oxygen atoms in total. The van der Waals surface area contributed by atoms with E-state index in [4.69, 9.17) is 37.0 Å². The molecule has 74 heavy (non-hydrogen) atoms. The van der Waals surface area contributed by atoms with E-state index in [0.717, 1.165) is 109 Å². The van der Waals surface area contributed by atoms with Gasteiger partial charge in [-0.15, -0.1) is 0 Å². The summed E-state index contributed by atoms with van der Waals surface area (Å²) in [6.07, 6.45) is 30.2. The fourth-order valence-corrected chi connectivity index (χ4v) is 9.57. The molecule has 0 bridgehead atoms. The molecule has 5 atom stereocenters. The van der Waals surface area contributed by atoms with E-state index < -0.39 is 97.5 Å². The normalized spacial score (nSPS) is 14.5. The van der Waals surface area contributed by atoms with Crippen LogP contribution in [0.5, 0.6) is 0 Å². The summed E-state index contributed by atoms with van der Waals surface area (Å²) in [5.74, 6) is -1.38. The Hall–Kier alpha value is -1.94. The molecule has 0 fully saturated rings. The molecule has 0 amide bonds. The lowest BCUT2D eigenvalue weighted by Crippen LogP contribution is -2.30. The lowest BCUT2D eigenvalue weighted by atomic mass is 10.0. The maximum absolute atomic E-state index is 12.9. The molecule has 0 aromatic rings. The van der Waals surface area contributed by atoms with Crippen molar-refractivity contribution in [2.24, 2.45) is 5.92 Å². The van der Waals surface area contributed by atoms with Crippen LogP contribution in [0.1, 0.15) is 266 Å². The SMILES string of the molecule is CCCCCCCCCCC(=O)OC[C@H](COP(=O)(O)OC[C@@H](O)COP(=O)(O)OC[C@@H](COC(=O)CCCCCCC)OC(=O)CCCCCCC)OC(=O)CCCCCCCCCCCCCCCC(C)C. The minimum Gasteiger partial charge on any atom is -0.462 e. The molecular formula is C55H106O17P2. The summed E-state index contributed by atoms with van der Waals surface area (Å²) < 4.78 is 67.1. The fraction of sp³-hybridized carbons (Fsp3) is 0.927. The van der Waals surface area contributed by atoms with Gasteiger partial charge in [0.1, 0.15) is 19.3 Å². The summed E-state index contributed by atoms with van der Waals surface area (Å²) in [5, 5.41) is 10.4. The third kappa shape index (κ3) is 49.6. The van der Waals surface area contributed by atoms with Crippen molar-refractivity contribution in [3.8, 4) is 0 Å². The van der Waals surface area contributed by atoms with Crippen molar-refractivity contribution in [2.45, 2.75) is 284 Å². The van der Waals surface area contributed by atoms with Crippen molar-refractivity contribution in [3.05, 3.63) is 0 Å². The summed E-state index contributed by atoms with van der Waals surface area (Å²) in [6, 6.07) is 0. The molecule has 2 unspecified atom stereocenters. The van der Waals surface area contributed by atoms with E-state index in [1.54, 1.807) is 0 Å². The van der Waals surface area contributed by atoms with Gasteiger partial charge in [-0.3, -0.25) is 37.3 Å². The molecular weight excluding hydrogens is 995 g/mol. The number of carbonyl (C=O) groups is 4. The van der Waals surface area contributed by atoms with Crippen LogP contribution in [0.2, 0.25) is 0 Å². The molecule has 0 saturated heterocycles. The first kappa shape index (κ1) is 72.1. The van der Waals surface area contributed by atoms with Gasteiger partial charge in [0.25, 0.3) is 0 Å². The van der Waals surface area contributed by atoms with E-state index >= 15 is 0 Å². The molecule has 0 aliphatic rings. The Morgan fingerprint density at radius 1 is 0.365 bits per heavy atom. The predicted molar refractivity (Wildman–Crippen MR) is 289 cm³/mol. The Balaban J connectivity index is 5.08. The molecule has 0 aromatic heterocycles. The topological polar surface area (TPSA) is 237 Å². The van der Waals surface area contributed by atoms with Crippen LogP contribution in [-0.4, -0.2) is 96.7 Å². The first-order valence-electron chi connectivity index (χ1n) is 29.1. The van der Waals surface area contributed by atoms with Gasteiger partial charge >= 0.3 is 39.5 Å². The average molecular weight is 1100 g/mol. The number of carbonyl (C=O) groups excluding carboxylic acids is 4. The molecule has 19 heteroatoms. The standard InChI is InChI=1S/C55H106O17P2/c1-6-9-12-15-16-25-30-34-39-53(58)66-45-51(72-55(60)41-36-31-26-23-21-19-17-18-20-22-24-29-32-37-48(4)5)47-70-74(63,64)68-43-49(56)42-67-73(61,62)69-46-50(71-54(59)40-35-28-14-11-8-3)44-65-52(57)38-33-27-13-10-7-2/h48-51,56H,6-47H2,1-5H3,(H,61,62)(H,63,64)/t49-,50+,51+/m0/s1. The van der Waals surface area contributed by atoms with Gasteiger partial charge in [0, 0.05) is 25.7 Å². The third-order valence-corrected chi connectivity index (χ3v) is 14.4. The molecule has 0 aliphatic heterocycles. The fourth-order valence-electron chi connectivity index (χ4n) is 7.99. The van der Waals surface area contributed by atoms with Gasteiger partial charge in [-0.1, -0.05) is 214 Å². The van der Waals surface area contributed by atoms with Gasteiger partial charge in [0.2, 0.25) is 0 Å². The number of hydrogen-bond donors (Lipinski definition) is 3. The number of hydrogen-bond acceptors (Lipinski definition) is 15. The van der Waals surface area contributed by atoms with Crippen LogP contribution in [0, 0.1) is 5.92 Å². The van der Waals surface area contributed by atoms with Gasteiger partial charge in [0.05, 0.1) is 26.4 Å². The van der Waals surface area contributed by atoms with Crippen molar-refractivity contribution in [2.75, 3.05) is 39.6 Å². The average Bonchev–Trinajstić information content (AvgIpc) is 3.36. The summed E-state index contributed by atoms with van der Waals surface area (Å²) in [5.41, 5.74) is 0. The van der Waals surface area contributed by atoms with Crippen LogP contribution in [-0.2, 0) is 65.4 Å². The van der Waals surface area contributed by atoms with Crippen molar-refractivity contribution in [1.82, 2.24) is 0 Å². The Morgan fingerprint density at radius 2 is 0.622 bits per heavy atom. The van der Waals surface area contributed by atoms with Crippen LogP contribution >= 0.6 is 15.6 Å². The van der Waals surface area contributed by atoms with E-state index in [-0.39, 0.29) is 25.7 Å². The lowest BCUT2D eigenvalue weighted by Gasteiger charge is -2.21. The number of aliphatic hydroxyl groups excluding tert-OH is 1. The van der Waals surface area contributed by atoms with Crippen LogP contribution in [0.3, 0.4) is 0 Å². The number of unbranched alkanes of at least 4 members (excludes halogenated alkanes) is 27. The Labute approximate surface area is 447 Å². The van der Waals surface area contributed by atoms with Gasteiger partial charge in [-0.2, -0.15) is 0 Å². The quantitative estimate of drug-likeness (QED) is 0.0222. The van der Waals surface area contributed by atoms with Crippen LogP contribution in [0.4, 0.5) is 0 Å². The molecule has 0 aliphatic carbocycles. The van der Waals surface area contributed by atoms with Crippen LogP contribution in [0.25, 0.3) is 0 Å². The van der Waals surface area contributed by atoms with Gasteiger partial charge in [-0.25, -0.2) is 9.13 Å². The number of phosphoric acid groups is 2. The molecule has 0 saturated carbocycles. The zero-order valence-corrected chi connectivity index (χ0v) is 48.7. The van der Waals surface area contributed by atoms with Crippen molar-refractivity contribution in [3.63, 3.8) is 0 Å². The Kier molecular flexibility index (Phi) is 48.1. The zero-order chi connectivity index (χ0) is 55.0. The largest absolute Gasteiger partial charge is 0.472 e. The van der Waals surface area contributed by atoms with Gasteiger partial charge in [-0.05, 0) is 31.6 Å². The lowest BCUT2D eigenvalue weighted by molar-refractivity contribution is -0.161. The summed E-state index contributed by atoms with van der Waals surface area (Å²) in [6.45, 7) is 6.93. The van der Waals surface area contributed by atoms with Crippen molar-refractivity contribution < 1.29 is 80.2 Å². The van der Waals surface area contributed by atoms with Crippen molar-refractivity contribution in [1.29, 1.82) is 0 Å². The molecule has 0 rings (SSSR count). The second-order valence-electron chi connectivity index (χ2n) is 20.4. The number of aliphatic hydroxyl groups is 1. The van der Waals surface area contributed by atoms with Gasteiger partial charge < -0.3 is 33.8 Å². The highest BCUT2D eigenvalue weighted by atomic mass is 31.2. The number of phosphoric ester groups is 2. The van der Waals surface area contributed by atoms with E-state index in [2.05, 4.69) is 34.6 Å². The second-order valence-corrected chi connectivity index (χ2v) is 23.4. The molecule has 0 spiro atoms.